The highest BCUT2D eigenvalue weighted by Crippen LogP contribution is 2.66. The van der Waals surface area contributed by atoms with E-state index < -0.39 is 23.4 Å². The van der Waals surface area contributed by atoms with Crippen LogP contribution in [0.4, 0.5) is 0 Å². The molecule has 4 rings (SSSR count). The highest BCUT2D eigenvalue weighted by atomic mass is 16.3. The van der Waals surface area contributed by atoms with Gasteiger partial charge < -0.3 is 10.2 Å². The third kappa shape index (κ3) is 2.27. The number of hydrogen-bond donors (Lipinski definition) is 2. The lowest BCUT2D eigenvalue weighted by atomic mass is 9.45. The Bertz CT molecular complexity index is 754. The number of carbonyl (C=O) groups excluding carboxylic acids is 3. The fourth-order valence-electron chi connectivity index (χ4n) is 7.32. The summed E-state index contributed by atoms with van der Waals surface area (Å²) in [6, 6.07) is 0. The molecule has 0 bridgehead atoms. The van der Waals surface area contributed by atoms with Crippen molar-refractivity contribution in [1.82, 2.24) is 0 Å². The topological polar surface area (TPSA) is 91.7 Å². The minimum Gasteiger partial charge on any atom is -0.388 e. The van der Waals surface area contributed by atoms with Gasteiger partial charge in [-0.2, -0.15) is 0 Å². The molecule has 4 aliphatic rings. The van der Waals surface area contributed by atoms with Crippen LogP contribution in [-0.2, 0) is 14.4 Å². The largest absolute Gasteiger partial charge is 0.388 e. The second-order valence-corrected chi connectivity index (χ2v) is 9.92. The zero-order valence-corrected chi connectivity index (χ0v) is 16.5. The summed E-state index contributed by atoms with van der Waals surface area (Å²) in [5.41, 5.74) is -1.60. The van der Waals surface area contributed by atoms with Gasteiger partial charge in [-0.05, 0) is 55.4 Å². The molecule has 5 nitrogen and oxygen atoms in total. The van der Waals surface area contributed by atoms with E-state index in [1.165, 1.54) is 0 Å². The van der Waals surface area contributed by atoms with Crippen LogP contribution < -0.4 is 0 Å². The van der Waals surface area contributed by atoms with E-state index in [0.29, 0.717) is 19.3 Å². The fraction of sp³-hybridized carbons (Fsp3) is 0.773. The molecule has 0 aromatic rings. The Labute approximate surface area is 160 Å². The first-order valence-corrected chi connectivity index (χ1v) is 10.2. The Morgan fingerprint density at radius 1 is 1.26 bits per heavy atom. The molecule has 2 N–H and O–H groups in total. The lowest BCUT2D eigenvalue weighted by Gasteiger charge is -2.58. The highest BCUT2D eigenvalue weighted by Gasteiger charge is 2.68. The number of Topliss-reactive ketones (excluding diaryl/α,β-unsaturated/α-hetero) is 2. The maximum atomic E-state index is 13.4. The predicted molar refractivity (Wildman–Crippen MR) is 98.7 cm³/mol. The molecule has 4 aliphatic carbocycles. The third-order valence-electron chi connectivity index (χ3n) is 8.72. The van der Waals surface area contributed by atoms with Gasteiger partial charge >= 0.3 is 0 Å². The lowest BCUT2D eigenvalue weighted by molar-refractivity contribution is -0.170. The van der Waals surface area contributed by atoms with Crippen molar-refractivity contribution < 1.29 is 24.6 Å². The van der Waals surface area contributed by atoms with E-state index >= 15 is 0 Å². The molecule has 0 unspecified atom stereocenters. The van der Waals surface area contributed by atoms with Crippen molar-refractivity contribution in [3.8, 4) is 0 Å². The summed E-state index contributed by atoms with van der Waals surface area (Å²) in [7, 11) is 0. The highest BCUT2D eigenvalue weighted by molar-refractivity contribution is 5.95. The van der Waals surface area contributed by atoms with E-state index in [9.17, 15) is 24.6 Å². The number of aliphatic hydroxyl groups is 2. The van der Waals surface area contributed by atoms with Crippen LogP contribution in [0.5, 0.6) is 0 Å². The summed E-state index contributed by atoms with van der Waals surface area (Å²) in [5, 5.41) is 20.6. The fourth-order valence-corrected chi connectivity index (χ4v) is 7.32. The van der Waals surface area contributed by atoms with Crippen LogP contribution in [0.1, 0.15) is 59.3 Å². The van der Waals surface area contributed by atoms with Gasteiger partial charge in [0.15, 0.2) is 11.6 Å². The number of rotatable bonds is 2. The van der Waals surface area contributed by atoms with Crippen molar-refractivity contribution in [1.29, 1.82) is 0 Å². The van der Waals surface area contributed by atoms with Crippen molar-refractivity contribution in [2.75, 3.05) is 6.61 Å². The Hall–Kier alpha value is -1.33. The third-order valence-corrected chi connectivity index (χ3v) is 8.72. The molecule has 27 heavy (non-hydrogen) atoms. The number of ketones is 3. The quantitative estimate of drug-likeness (QED) is 0.773. The molecule has 0 aromatic carbocycles. The molecule has 0 saturated heterocycles. The van der Waals surface area contributed by atoms with E-state index in [2.05, 4.69) is 6.92 Å². The maximum Gasteiger partial charge on any atom is 0.190 e. The average Bonchev–Trinajstić information content (AvgIpc) is 2.87. The summed E-state index contributed by atoms with van der Waals surface area (Å²) in [4.78, 5) is 38.0. The molecule has 0 aliphatic heterocycles. The van der Waals surface area contributed by atoms with Gasteiger partial charge in [0, 0.05) is 23.7 Å². The molecule has 148 valence electrons. The minimum absolute atomic E-state index is 0.0740. The normalized spacial score (nSPS) is 49.1. The zero-order valence-electron chi connectivity index (χ0n) is 16.5. The standard InChI is InChI=1S/C22H30O5/c1-12-9-20(2)13(8-16(12)24)4-5-14-15-6-7-22(27,18(26)11-23)21(15,3)10-17(25)19(14)20/h8,12,14-15,19,23,27H,4-7,9-11H2,1-3H3/t12-,14-,15-,19+,20-,21-,22-/m0/s1. The number of aliphatic hydroxyl groups excluding tert-OH is 1. The van der Waals surface area contributed by atoms with E-state index in [-0.39, 0.29) is 47.1 Å². The minimum atomic E-state index is -1.61. The summed E-state index contributed by atoms with van der Waals surface area (Å²) in [6.45, 7) is 5.26. The second kappa shape index (κ2) is 5.84. The number of carbonyl (C=O) groups is 3. The Morgan fingerprint density at radius 3 is 2.63 bits per heavy atom. The molecular formula is C22H30O5. The van der Waals surface area contributed by atoms with Crippen molar-refractivity contribution in [2.24, 2.45) is 34.5 Å². The van der Waals surface area contributed by atoms with Crippen LogP contribution >= 0.6 is 0 Å². The molecule has 0 aromatic heterocycles. The van der Waals surface area contributed by atoms with Gasteiger partial charge in [0.1, 0.15) is 18.0 Å². The smallest absolute Gasteiger partial charge is 0.190 e. The van der Waals surface area contributed by atoms with E-state index in [1.54, 1.807) is 6.08 Å². The van der Waals surface area contributed by atoms with E-state index in [0.717, 1.165) is 18.4 Å². The van der Waals surface area contributed by atoms with Gasteiger partial charge in [0.2, 0.25) is 0 Å². The Morgan fingerprint density at radius 2 is 1.96 bits per heavy atom. The summed E-state index contributed by atoms with van der Waals surface area (Å²) >= 11 is 0. The van der Waals surface area contributed by atoms with Crippen molar-refractivity contribution >= 4 is 17.3 Å². The summed E-state index contributed by atoms with van der Waals surface area (Å²) < 4.78 is 0. The van der Waals surface area contributed by atoms with E-state index in [4.69, 9.17) is 0 Å². The number of fused-ring (bicyclic) bond motifs is 5. The molecule has 0 spiro atoms. The van der Waals surface area contributed by atoms with Crippen LogP contribution in [0.15, 0.2) is 11.6 Å². The number of allylic oxidation sites excluding steroid dienone is 1. The van der Waals surface area contributed by atoms with E-state index in [1.807, 2.05) is 13.8 Å². The van der Waals surface area contributed by atoms with Crippen molar-refractivity contribution in [2.45, 2.75) is 64.9 Å². The first-order valence-electron chi connectivity index (χ1n) is 10.2. The van der Waals surface area contributed by atoms with Crippen molar-refractivity contribution in [3.05, 3.63) is 11.6 Å². The van der Waals surface area contributed by atoms with Crippen LogP contribution in [-0.4, -0.2) is 39.8 Å². The SMILES string of the molecule is C[C@H]1C[C@@]2(C)C(=CC1=O)CC[C@@H]1[C@@H]2C(=O)C[C@@]2(C)[C@H]1CC[C@]2(O)C(=O)CO. The summed E-state index contributed by atoms with van der Waals surface area (Å²) in [5.74, 6) is -0.283. The molecule has 0 heterocycles. The van der Waals surface area contributed by atoms with Crippen LogP contribution in [0, 0.1) is 34.5 Å². The Balaban J connectivity index is 1.75. The number of hydrogen-bond acceptors (Lipinski definition) is 5. The Kier molecular flexibility index (Phi) is 4.11. The molecule has 5 heteroatoms. The van der Waals surface area contributed by atoms with Gasteiger partial charge in [0.05, 0.1) is 0 Å². The second-order valence-electron chi connectivity index (χ2n) is 9.92. The summed E-state index contributed by atoms with van der Waals surface area (Å²) in [6.07, 6.45) is 5.31. The molecule has 0 amide bonds. The monoisotopic (exact) mass is 374 g/mol. The molecule has 7 atom stereocenters. The molecular weight excluding hydrogens is 344 g/mol. The molecule has 0 radical (unpaired) electrons. The van der Waals surface area contributed by atoms with Gasteiger partial charge in [-0.3, -0.25) is 14.4 Å². The van der Waals surface area contributed by atoms with Gasteiger partial charge in [-0.25, -0.2) is 0 Å². The van der Waals surface area contributed by atoms with Crippen molar-refractivity contribution in [3.63, 3.8) is 0 Å². The van der Waals surface area contributed by atoms with Crippen LogP contribution in [0.3, 0.4) is 0 Å². The van der Waals surface area contributed by atoms with Gasteiger partial charge in [0.25, 0.3) is 0 Å². The van der Waals surface area contributed by atoms with Crippen LogP contribution in [0.2, 0.25) is 0 Å². The van der Waals surface area contributed by atoms with Crippen LogP contribution in [0.25, 0.3) is 0 Å². The predicted octanol–water partition coefficient (Wildman–Crippen LogP) is 2.24. The maximum absolute atomic E-state index is 13.4. The molecule has 3 saturated carbocycles. The van der Waals surface area contributed by atoms with Gasteiger partial charge in [-0.1, -0.05) is 26.3 Å². The molecule has 3 fully saturated rings. The first-order chi connectivity index (χ1) is 12.6. The first kappa shape index (κ1) is 19.0. The lowest BCUT2D eigenvalue weighted by Crippen LogP contribution is -2.61. The van der Waals surface area contributed by atoms with Gasteiger partial charge in [-0.15, -0.1) is 0 Å². The zero-order chi connectivity index (χ0) is 19.8. The average molecular weight is 374 g/mol.